The number of ether oxygens (including phenoxy) is 1. The van der Waals surface area contributed by atoms with Gasteiger partial charge in [0.15, 0.2) is 0 Å². The number of hydrogen-bond acceptors (Lipinski definition) is 9. The molecule has 0 N–H and O–H groups in total. The lowest BCUT2D eigenvalue weighted by atomic mass is 9.72. The number of alkyl halides is 3. The fourth-order valence-electron chi connectivity index (χ4n) is 4.33. The zero-order valence-electron chi connectivity index (χ0n) is 18.2. The first-order valence-electron chi connectivity index (χ1n) is 10.7. The summed E-state index contributed by atoms with van der Waals surface area (Å²) in [5.74, 6) is -2.08. The van der Waals surface area contributed by atoms with E-state index < -0.39 is 12.1 Å². The van der Waals surface area contributed by atoms with Crippen LogP contribution in [-0.4, -0.2) is 70.4 Å². The van der Waals surface area contributed by atoms with E-state index in [0.717, 1.165) is 39.0 Å². The number of anilines is 1. The van der Waals surface area contributed by atoms with Crippen molar-refractivity contribution in [1.82, 2.24) is 25.1 Å². The number of esters is 1. The molecule has 0 aliphatic carbocycles. The Morgan fingerprint density at radius 2 is 1.91 bits per heavy atom. The third-order valence-corrected chi connectivity index (χ3v) is 6.30. The first-order chi connectivity index (χ1) is 16.2. The quantitative estimate of drug-likeness (QED) is 0.417. The number of rotatable bonds is 4. The first kappa shape index (κ1) is 22.3. The number of carbonyl (C=O) groups is 1. The summed E-state index contributed by atoms with van der Waals surface area (Å²) >= 11 is 0. The Bertz CT molecular complexity index is 1170. The molecule has 178 valence electrons. The molecule has 0 amide bonds. The Hall–Kier alpha value is -3.54. The summed E-state index contributed by atoms with van der Waals surface area (Å²) in [7, 11) is 2.12. The molecule has 12 heteroatoms. The zero-order chi connectivity index (χ0) is 23.9. The molecule has 9 nitrogen and oxygen atoms in total. The number of nitrogens with zero attached hydrogens (tertiary/aromatic N) is 6. The molecule has 1 spiro atoms. The van der Waals surface area contributed by atoms with Gasteiger partial charge in [0, 0.05) is 29.6 Å². The van der Waals surface area contributed by atoms with Crippen molar-refractivity contribution < 1.29 is 27.1 Å². The van der Waals surface area contributed by atoms with Crippen molar-refractivity contribution in [2.45, 2.75) is 19.0 Å². The van der Waals surface area contributed by atoms with Crippen molar-refractivity contribution in [3.63, 3.8) is 0 Å². The summed E-state index contributed by atoms with van der Waals surface area (Å²) in [4.78, 5) is 24.2. The van der Waals surface area contributed by atoms with Crippen molar-refractivity contribution in [2.24, 2.45) is 5.41 Å². The van der Waals surface area contributed by atoms with E-state index in [0.29, 0.717) is 11.5 Å². The van der Waals surface area contributed by atoms with Gasteiger partial charge in [-0.2, -0.15) is 13.2 Å². The normalized spacial score (nSPS) is 18.1. The van der Waals surface area contributed by atoms with Crippen LogP contribution >= 0.6 is 0 Å². The minimum absolute atomic E-state index is 0.134. The molecule has 2 aliphatic heterocycles. The molecule has 0 atom stereocenters. The van der Waals surface area contributed by atoms with E-state index in [2.05, 4.69) is 36.8 Å². The summed E-state index contributed by atoms with van der Waals surface area (Å²) in [5.41, 5.74) is 0.917. The molecule has 5 rings (SSSR count). The van der Waals surface area contributed by atoms with Crippen LogP contribution in [0.1, 0.15) is 12.8 Å². The summed E-state index contributed by atoms with van der Waals surface area (Å²) in [6.45, 7) is 3.83. The molecule has 2 saturated heterocycles. The maximum atomic E-state index is 12.8. The fourth-order valence-corrected chi connectivity index (χ4v) is 4.33. The Kier molecular flexibility index (Phi) is 5.47. The largest absolute Gasteiger partial charge is 0.491 e. The highest BCUT2D eigenvalue weighted by Crippen LogP contribution is 2.41. The van der Waals surface area contributed by atoms with Gasteiger partial charge in [-0.15, -0.1) is 10.2 Å². The highest BCUT2D eigenvalue weighted by atomic mass is 19.4. The number of benzene rings is 1. The number of piperidine rings is 1. The van der Waals surface area contributed by atoms with Crippen LogP contribution in [0.3, 0.4) is 0 Å². The van der Waals surface area contributed by atoms with Gasteiger partial charge < -0.3 is 19.0 Å². The van der Waals surface area contributed by atoms with Crippen molar-refractivity contribution in [3.05, 3.63) is 36.9 Å². The van der Waals surface area contributed by atoms with Gasteiger partial charge in [-0.1, -0.05) is 0 Å². The molecule has 4 heterocycles. The van der Waals surface area contributed by atoms with Gasteiger partial charge >= 0.3 is 12.1 Å². The first-order valence-corrected chi connectivity index (χ1v) is 10.7. The smallest absolute Gasteiger partial charge is 0.445 e. The second kappa shape index (κ2) is 8.35. The van der Waals surface area contributed by atoms with Gasteiger partial charge in [0.1, 0.15) is 17.7 Å². The standard InChI is InChI=1S/C22H21F3N6O3/c1-30-7-4-21(5-8-30)12-31(13-21)20-27-11-16(28-29-20)15-3-2-14(18-26-6-9-33-18)10-17(15)34-19(32)22(23,24)25/h2-3,6,9-11H,4-5,7-8,12-13H2,1H3. The van der Waals surface area contributed by atoms with Crippen LogP contribution in [0.5, 0.6) is 5.75 Å². The summed E-state index contributed by atoms with van der Waals surface area (Å²) in [5, 5.41) is 8.32. The average Bonchev–Trinajstić information content (AvgIpc) is 3.33. The molecule has 1 aromatic carbocycles. The molecule has 2 aromatic heterocycles. The molecule has 2 aliphatic rings. The van der Waals surface area contributed by atoms with Crippen molar-refractivity contribution >= 4 is 11.9 Å². The molecule has 0 saturated carbocycles. The Balaban J connectivity index is 1.38. The topological polar surface area (TPSA) is 97.5 Å². The van der Waals surface area contributed by atoms with Crippen molar-refractivity contribution in [1.29, 1.82) is 0 Å². The van der Waals surface area contributed by atoms with Crippen molar-refractivity contribution in [2.75, 3.05) is 38.1 Å². The van der Waals surface area contributed by atoms with Crippen LogP contribution in [0.4, 0.5) is 19.1 Å². The van der Waals surface area contributed by atoms with Gasteiger partial charge in [-0.05, 0) is 51.2 Å². The van der Waals surface area contributed by atoms with Gasteiger partial charge in [0.05, 0.1) is 12.4 Å². The van der Waals surface area contributed by atoms with E-state index in [-0.39, 0.29) is 28.3 Å². The molecule has 0 radical (unpaired) electrons. The maximum Gasteiger partial charge on any atom is 0.491 e. The lowest BCUT2D eigenvalue weighted by Crippen LogP contribution is -2.60. The van der Waals surface area contributed by atoms with E-state index in [4.69, 9.17) is 4.42 Å². The third kappa shape index (κ3) is 4.32. The van der Waals surface area contributed by atoms with Gasteiger partial charge in [-0.3, -0.25) is 0 Å². The minimum Gasteiger partial charge on any atom is -0.445 e. The second-order valence-corrected chi connectivity index (χ2v) is 8.74. The Labute approximate surface area is 192 Å². The van der Waals surface area contributed by atoms with Gasteiger partial charge in [-0.25, -0.2) is 14.8 Å². The average molecular weight is 474 g/mol. The number of aromatic nitrogens is 4. The number of carbonyl (C=O) groups excluding carboxylic acids is 1. The highest BCUT2D eigenvalue weighted by Gasteiger charge is 2.45. The zero-order valence-corrected chi connectivity index (χ0v) is 18.2. The SMILES string of the molecule is CN1CCC2(CC1)CN(c1ncc(-c3ccc(-c4ncco4)cc3OC(=O)C(F)(F)F)nn1)C2. The predicted molar refractivity (Wildman–Crippen MR) is 114 cm³/mol. The summed E-state index contributed by atoms with van der Waals surface area (Å²) in [6, 6.07) is 4.27. The molecule has 2 fully saturated rings. The second-order valence-electron chi connectivity index (χ2n) is 8.74. The van der Waals surface area contributed by atoms with E-state index in [1.54, 1.807) is 6.07 Å². The summed E-state index contributed by atoms with van der Waals surface area (Å²) in [6.07, 6.45) is 1.21. The molecular formula is C22H21F3N6O3. The molecule has 0 bridgehead atoms. The van der Waals surface area contributed by atoms with Crippen LogP contribution in [0, 0.1) is 5.41 Å². The minimum atomic E-state index is -5.16. The van der Waals surface area contributed by atoms with Crippen LogP contribution in [0.25, 0.3) is 22.7 Å². The van der Waals surface area contributed by atoms with Gasteiger partial charge in [0.25, 0.3) is 0 Å². The maximum absolute atomic E-state index is 12.8. The predicted octanol–water partition coefficient (Wildman–Crippen LogP) is 3.19. The third-order valence-electron chi connectivity index (χ3n) is 6.30. The van der Waals surface area contributed by atoms with E-state index in [9.17, 15) is 18.0 Å². The lowest BCUT2D eigenvalue weighted by molar-refractivity contribution is -0.189. The molecule has 0 unspecified atom stereocenters. The molecule has 34 heavy (non-hydrogen) atoms. The number of halogens is 3. The van der Waals surface area contributed by atoms with Crippen LogP contribution in [0.15, 0.2) is 41.3 Å². The van der Waals surface area contributed by atoms with Crippen LogP contribution in [0.2, 0.25) is 0 Å². The van der Waals surface area contributed by atoms with E-state index in [1.807, 2.05) is 4.90 Å². The van der Waals surface area contributed by atoms with E-state index >= 15 is 0 Å². The Morgan fingerprint density at radius 3 is 2.53 bits per heavy atom. The number of likely N-dealkylation sites (tertiary alicyclic amines) is 1. The lowest BCUT2D eigenvalue weighted by Gasteiger charge is -2.53. The van der Waals surface area contributed by atoms with Crippen LogP contribution in [-0.2, 0) is 4.79 Å². The number of hydrogen-bond donors (Lipinski definition) is 0. The highest BCUT2D eigenvalue weighted by molar-refractivity contribution is 5.82. The Morgan fingerprint density at radius 1 is 1.15 bits per heavy atom. The fraction of sp³-hybridized carbons (Fsp3) is 0.409. The van der Waals surface area contributed by atoms with E-state index in [1.165, 1.54) is 30.8 Å². The summed E-state index contributed by atoms with van der Waals surface area (Å²) < 4.78 is 48.4. The van der Waals surface area contributed by atoms with Crippen LogP contribution < -0.4 is 9.64 Å². The molecule has 3 aromatic rings. The van der Waals surface area contributed by atoms with Crippen molar-refractivity contribution in [3.8, 4) is 28.5 Å². The molecular weight excluding hydrogens is 453 g/mol. The monoisotopic (exact) mass is 474 g/mol. The van der Waals surface area contributed by atoms with Gasteiger partial charge in [0.2, 0.25) is 11.8 Å². The number of oxazole rings is 1.